The Morgan fingerprint density at radius 1 is 1.23 bits per heavy atom. The molecule has 0 bridgehead atoms. The first kappa shape index (κ1) is 12.7. The molecule has 0 atom stereocenters. The van der Waals surface area contributed by atoms with Gasteiger partial charge in [0.05, 0.1) is 0 Å². The van der Waals surface area contributed by atoms with Crippen molar-refractivity contribution >= 4 is 0 Å². The smallest absolute Gasteiger partial charge is 0.00157 e. The number of allylic oxidation sites excluding steroid dienone is 1. The van der Waals surface area contributed by atoms with E-state index in [0.29, 0.717) is 0 Å². The first-order chi connectivity index (χ1) is 6.29. The van der Waals surface area contributed by atoms with Crippen molar-refractivity contribution < 1.29 is 0 Å². The molecule has 0 unspecified atom stereocenters. The molecule has 0 radical (unpaired) electrons. The quantitative estimate of drug-likeness (QED) is 0.603. The van der Waals surface area contributed by atoms with Crippen LogP contribution in [0.4, 0.5) is 0 Å². The predicted molar refractivity (Wildman–Crippen MR) is 61.1 cm³/mol. The summed E-state index contributed by atoms with van der Waals surface area (Å²) < 4.78 is 0. The van der Waals surface area contributed by atoms with Crippen LogP contribution >= 0.6 is 0 Å². The fraction of sp³-hybridized carbons (Fsp3) is 0.833. The van der Waals surface area contributed by atoms with Gasteiger partial charge < -0.3 is 4.90 Å². The Kier molecular flexibility index (Phi) is 8.11. The van der Waals surface area contributed by atoms with Crippen LogP contribution in [0.15, 0.2) is 12.2 Å². The number of rotatable bonds is 4. The molecule has 1 fully saturated rings. The third kappa shape index (κ3) is 6.83. The molecule has 0 aliphatic carbocycles. The van der Waals surface area contributed by atoms with Crippen molar-refractivity contribution in [2.75, 3.05) is 19.6 Å². The maximum absolute atomic E-state index is 3.90. The number of likely N-dealkylation sites (tertiary alicyclic amines) is 1. The number of hydrogen-bond donors (Lipinski definition) is 0. The highest BCUT2D eigenvalue weighted by Crippen LogP contribution is 2.09. The van der Waals surface area contributed by atoms with E-state index in [1.165, 1.54) is 50.9 Å². The Hall–Kier alpha value is -0.300. The van der Waals surface area contributed by atoms with Crippen molar-refractivity contribution in [3.63, 3.8) is 0 Å². The van der Waals surface area contributed by atoms with E-state index in [9.17, 15) is 0 Å². The van der Waals surface area contributed by atoms with Gasteiger partial charge in [-0.3, -0.25) is 0 Å². The van der Waals surface area contributed by atoms with Crippen molar-refractivity contribution in [2.24, 2.45) is 0 Å². The predicted octanol–water partition coefficient (Wildman–Crippen LogP) is 3.46. The average molecular weight is 183 g/mol. The second-order valence-electron chi connectivity index (χ2n) is 3.61. The monoisotopic (exact) mass is 183 g/mol. The van der Waals surface area contributed by atoms with Gasteiger partial charge in [-0.2, -0.15) is 0 Å². The third-order valence-electron chi connectivity index (χ3n) is 2.28. The molecule has 1 aliphatic rings. The van der Waals surface area contributed by atoms with Gasteiger partial charge in [-0.1, -0.05) is 19.4 Å². The minimum atomic E-state index is 1.20. The second-order valence-corrected chi connectivity index (χ2v) is 3.61. The zero-order chi connectivity index (χ0) is 10.1. The van der Waals surface area contributed by atoms with Crippen LogP contribution in [-0.4, -0.2) is 24.5 Å². The Labute approximate surface area is 83.8 Å². The van der Waals surface area contributed by atoms with E-state index in [1.807, 2.05) is 13.8 Å². The fourth-order valence-corrected chi connectivity index (χ4v) is 1.61. The largest absolute Gasteiger partial charge is 0.303 e. The topological polar surface area (TPSA) is 3.24 Å². The van der Waals surface area contributed by atoms with Crippen LogP contribution in [-0.2, 0) is 0 Å². The summed E-state index contributed by atoms with van der Waals surface area (Å²) in [6.07, 6.45) is 5.33. The third-order valence-corrected chi connectivity index (χ3v) is 2.28. The van der Waals surface area contributed by atoms with Crippen molar-refractivity contribution in [2.45, 2.75) is 46.5 Å². The van der Waals surface area contributed by atoms with E-state index >= 15 is 0 Å². The molecule has 0 N–H and O–H groups in total. The molecule has 1 heterocycles. The van der Waals surface area contributed by atoms with Crippen LogP contribution < -0.4 is 0 Å². The molecule has 0 amide bonds. The van der Waals surface area contributed by atoms with E-state index in [1.54, 1.807) is 0 Å². The van der Waals surface area contributed by atoms with Gasteiger partial charge >= 0.3 is 0 Å². The Balaban J connectivity index is 0.000000671. The van der Waals surface area contributed by atoms with Crippen LogP contribution in [0.2, 0.25) is 0 Å². The highest BCUT2D eigenvalue weighted by molar-refractivity contribution is 4.87. The summed E-state index contributed by atoms with van der Waals surface area (Å²) >= 11 is 0. The summed E-state index contributed by atoms with van der Waals surface area (Å²) in [5, 5.41) is 0. The van der Waals surface area contributed by atoms with Gasteiger partial charge in [0.2, 0.25) is 0 Å². The molecule has 1 aliphatic heterocycles. The summed E-state index contributed by atoms with van der Waals surface area (Å²) in [5.74, 6) is 0. The van der Waals surface area contributed by atoms with E-state index in [-0.39, 0.29) is 0 Å². The lowest BCUT2D eigenvalue weighted by molar-refractivity contribution is 0.334. The maximum Gasteiger partial charge on any atom is -0.00157 e. The molecular weight excluding hydrogens is 158 g/mol. The molecule has 0 aromatic carbocycles. The lowest BCUT2D eigenvalue weighted by Crippen LogP contribution is -2.20. The van der Waals surface area contributed by atoms with Crippen molar-refractivity contribution in [3.8, 4) is 0 Å². The van der Waals surface area contributed by atoms with Crippen LogP contribution in [0.5, 0.6) is 0 Å². The zero-order valence-corrected chi connectivity index (χ0v) is 9.60. The molecule has 0 spiro atoms. The zero-order valence-electron chi connectivity index (χ0n) is 9.60. The summed E-state index contributed by atoms with van der Waals surface area (Å²) in [5.41, 5.74) is 1.32. The summed E-state index contributed by atoms with van der Waals surface area (Å²) in [7, 11) is 0. The van der Waals surface area contributed by atoms with Gasteiger partial charge in [-0.15, -0.1) is 6.58 Å². The normalized spacial score (nSPS) is 16.5. The summed E-state index contributed by atoms with van der Waals surface area (Å²) in [6.45, 7) is 14.0. The lowest BCUT2D eigenvalue weighted by atomic mass is 10.2. The molecule has 0 aromatic heterocycles. The summed E-state index contributed by atoms with van der Waals surface area (Å²) in [4.78, 5) is 2.56. The van der Waals surface area contributed by atoms with E-state index < -0.39 is 0 Å². The highest BCUT2D eigenvalue weighted by Gasteiger charge is 2.09. The van der Waals surface area contributed by atoms with Crippen molar-refractivity contribution in [3.05, 3.63) is 12.2 Å². The van der Waals surface area contributed by atoms with Gasteiger partial charge in [0, 0.05) is 0 Å². The molecule has 1 nitrogen and oxygen atoms in total. The molecule has 1 saturated heterocycles. The Morgan fingerprint density at radius 3 is 2.23 bits per heavy atom. The molecule has 78 valence electrons. The molecule has 13 heavy (non-hydrogen) atoms. The number of hydrogen-bond acceptors (Lipinski definition) is 1. The SMILES string of the molecule is C=C(C)CCCN1CCCC1.CC. The van der Waals surface area contributed by atoms with Gasteiger partial charge in [0.1, 0.15) is 0 Å². The second kappa shape index (κ2) is 8.31. The standard InChI is InChI=1S/C10H19N.C2H6/c1-10(2)6-5-9-11-7-3-4-8-11;1-2/h1,3-9H2,2H3;1-2H3. The lowest BCUT2D eigenvalue weighted by Gasteiger charge is -2.13. The van der Waals surface area contributed by atoms with Gasteiger partial charge in [0.25, 0.3) is 0 Å². The van der Waals surface area contributed by atoms with Crippen molar-refractivity contribution in [1.82, 2.24) is 4.90 Å². The minimum Gasteiger partial charge on any atom is -0.303 e. The Morgan fingerprint density at radius 2 is 1.77 bits per heavy atom. The first-order valence-corrected chi connectivity index (χ1v) is 5.66. The average Bonchev–Trinajstić information content (AvgIpc) is 2.60. The Bertz CT molecular complexity index is 123. The van der Waals surface area contributed by atoms with E-state index in [4.69, 9.17) is 0 Å². The maximum atomic E-state index is 3.90. The van der Waals surface area contributed by atoms with Gasteiger partial charge in [-0.25, -0.2) is 0 Å². The molecule has 0 aromatic rings. The molecular formula is C12H25N. The first-order valence-electron chi connectivity index (χ1n) is 5.66. The van der Waals surface area contributed by atoms with Gasteiger partial charge in [-0.05, 0) is 52.2 Å². The minimum absolute atomic E-state index is 1.20. The highest BCUT2D eigenvalue weighted by atomic mass is 15.1. The van der Waals surface area contributed by atoms with E-state index in [2.05, 4.69) is 18.4 Å². The van der Waals surface area contributed by atoms with Crippen LogP contribution in [0.3, 0.4) is 0 Å². The molecule has 1 rings (SSSR count). The van der Waals surface area contributed by atoms with Gasteiger partial charge in [0.15, 0.2) is 0 Å². The van der Waals surface area contributed by atoms with Crippen molar-refractivity contribution in [1.29, 1.82) is 0 Å². The molecule has 1 heteroatoms. The van der Waals surface area contributed by atoms with Crippen LogP contribution in [0.25, 0.3) is 0 Å². The van der Waals surface area contributed by atoms with Crippen LogP contribution in [0.1, 0.15) is 46.5 Å². The summed E-state index contributed by atoms with van der Waals surface area (Å²) in [6, 6.07) is 0. The number of nitrogens with zero attached hydrogens (tertiary/aromatic N) is 1. The van der Waals surface area contributed by atoms with Crippen LogP contribution in [0, 0.1) is 0 Å². The van der Waals surface area contributed by atoms with E-state index in [0.717, 1.165) is 0 Å². The fourth-order valence-electron chi connectivity index (χ4n) is 1.61. The molecule has 0 saturated carbocycles.